The third kappa shape index (κ3) is 6.83. The number of non-ortho nitro benzene ring substituents is 1. The van der Waals surface area contributed by atoms with Gasteiger partial charge in [-0.15, -0.1) is 0 Å². The summed E-state index contributed by atoms with van der Waals surface area (Å²) in [6.45, 7) is 5.55. The van der Waals surface area contributed by atoms with E-state index in [1.54, 1.807) is 6.92 Å². The Kier molecular flexibility index (Phi) is 8.89. The van der Waals surface area contributed by atoms with Crippen molar-refractivity contribution in [3.63, 3.8) is 0 Å². The van der Waals surface area contributed by atoms with E-state index >= 15 is 0 Å². The summed E-state index contributed by atoms with van der Waals surface area (Å²) >= 11 is 0. The van der Waals surface area contributed by atoms with Crippen LogP contribution in [0.2, 0.25) is 0 Å². The lowest BCUT2D eigenvalue weighted by Crippen LogP contribution is -2.08. The van der Waals surface area contributed by atoms with Gasteiger partial charge in [0.2, 0.25) is 0 Å². The van der Waals surface area contributed by atoms with Gasteiger partial charge >= 0.3 is 6.18 Å². The summed E-state index contributed by atoms with van der Waals surface area (Å²) in [6.07, 6.45) is -4.68. The van der Waals surface area contributed by atoms with E-state index in [-0.39, 0.29) is 5.69 Å². The van der Waals surface area contributed by atoms with Crippen molar-refractivity contribution >= 4 is 11.4 Å². The smallest absolute Gasteiger partial charge is 0.258 e. The number of alkyl halides is 3. The molecular weight excluding hydrogens is 360 g/mol. The first-order valence-corrected chi connectivity index (χ1v) is 7.25. The highest BCUT2D eigenvalue weighted by molar-refractivity contribution is 5.41. The summed E-state index contributed by atoms with van der Waals surface area (Å²) < 4.78 is 48.9. The molecule has 142 valence electrons. The number of rotatable bonds is 2. The van der Waals surface area contributed by atoms with Gasteiger partial charge in [-0.1, -0.05) is 26.0 Å². The van der Waals surface area contributed by atoms with Crippen LogP contribution in [0.15, 0.2) is 42.5 Å². The highest BCUT2D eigenvalue weighted by atomic mass is 19.4. The molecule has 0 aromatic heterocycles. The zero-order chi connectivity index (χ0) is 20.5. The molecular formula is C16H16F4N2O4. The largest absolute Gasteiger partial charge is 0.422 e. The Balaban J connectivity index is 0.000000444. The molecule has 0 heterocycles. The highest BCUT2D eigenvalue weighted by Crippen LogP contribution is 2.35. The van der Waals surface area contributed by atoms with Crippen molar-refractivity contribution < 1.29 is 27.4 Å². The quantitative estimate of drug-likeness (QED) is 0.383. The van der Waals surface area contributed by atoms with E-state index < -0.39 is 33.1 Å². The first kappa shape index (κ1) is 23.0. The fourth-order valence-corrected chi connectivity index (χ4v) is 1.57. The average molecular weight is 376 g/mol. The summed E-state index contributed by atoms with van der Waals surface area (Å²) in [7, 11) is 0. The lowest BCUT2D eigenvalue weighted by Gasteiger charge is -2.05. The van der Waals surface area contributed by atoms with Crippen LogP contribution >= 0.6 is 0 Å². The van der Waals surface area contributed by atoms with Gasteiger partial charge in [0.25, 0.3) is 11.4 Å². The maximum absolute atomic E-state index is 12.6. The fraction of sp³-hybridized carbons (Fsp3) is 0.250. The second-order valence-electron chi connectivity index (χ2n) is 4.46. The molecule has 2 rings (SSSR count). The summed E-state index contributed by atoms with van der Waals surface area (Å²) in [5.74, 6) is -0.542. The Labute approximate surface area is 146 Å². The standard InChI is InChI=1S/C7H4F3NO2.C7H6FNO2.C2H6/c8-7(9,10)5-3-1-2-4-6(5)11(12)13;1-5-2-3-6(9(10)11)4-7(5)8;1-2/h1-4H;2-4H,1H3;1-2H3. The van der Waals surface area contributed by atoms with Crippen molar-refractivity contribution in [3.05, 3.63) is 79.6 Å². The lowest BCUT2D eigenvalue weighted by molar-refractivity contribution is -0.388. The first-order valence-electron chi connectivity index (χ1n) is 7.25. The van der Waals surface area contributed by atoms with E-state index in [2.05, 4.69) is 0 Å². The number of hydrogen-bond acceptors (Lipinski definition) is 4. The van der Waals surface area contributed by atoms with Gasteiger partial charge in [-0.25, -0.2) is 4.39 Å². The Morgan fingerprint density at radius 1 is 0.923 bits per heavy atom. The number of para-hydroxylation sites is 1. The average Bonchev–Trinajstić information content (AvgIpc) is 2.58. The molecule has 0 aliphatic rings. The number of hydrogen-bond donors (Lipinski definition) is 0. The molecule has 0 fully saturated rings. The maximum atomic E-state index is 12.6. The number of nitro groups is 2. The van der Waals surface area contributed by atoms with Crippen LogP contribution in [-0.2, 0) is 6.18 Å². The van der Waals surface area contributed by atoms with Crippen molar-refractivity contribution in [2.75, 3.05) is 0 Å². The molecule has 0 aliphatic carbocycles. The van der Waals surface area contributed by atoms with Crippen molar-refractivity contribution in [2.45, 2.75) is 26.9 Å². The van der Waals surface area contributed by atoms with Crippen molar-refractivity contribution in [2.24, 2.45) is 0 Å². The topological polar surface area (TPSA) is 86.3 Å². The Bertz CT molecular complexity index is 764. The normalized spacial score (nSPS) is 9.96. The van der Waals surface area contributed by atoms with Gasteiger partial charge in [-0.05, 0) is 24.6 Å². The van der Waals surface area contributed by atoms with Gasteiger partial charge in [0.15, 0.2) is 0 Å². The predicted molar refractivity (Wildman–Crippen MR) is 87.2 cm³/mol. The Morgan fingerprint density at radius 3 is 1.85 bits per heavy atom. The number of aryl methyl sites for hydroxylation is 1. The van der Waals surface area contributed by atoms with Crippen LogP contribution < -0.4 is 0 Å². The molecule has 0 saturated carbocycles. The van der Waals surface area contributed by atoms with E-state index in [9.17, 15) is 37.8 Å². The van der Waals surface area contributed by atoms with Gasteiger partial charge in [-0.2, -0.15) is 13.2 Å². The van der Waals surface area contributed by atoms with E-state index in [4.69, 9.17) is 0 Å². The minimum absolute atomic E-state index is 0.215. The Morgan fingerprint density at radius 2 is 1.46 bits per heavy atom. The lowest BCUT2D eigenvalue weighted by atomic mass is 10.2. The monoisotopic (exact) mass is 376 g/mol. The fourth-order valence-electron chi connectivity index (χ4n) is 1.57. The molecule has 2 aromatic carbocycles. The number of benzene rings is 2. The van der Waals surface area contributed by atoms with Gasteiger partial charge in [-0.3, -0.25) is 20.2 Å². The van der Waals surface area contributed by atoms with Crippen LogP contribution in [0.5, 0.6) is 0 Å². The van der Waals surface area contributed by atoms with Crippen molar-refractivity contribution in [1.82, 2.24) is 0 Å². The van der Waals surface area contributed by atoms with Gasteiger partial charge in [0, 0.05) is 12.1 Å². The third-order valence-corrected chi connectivity index (χ3v) is 2.77. The third-order valence-electron chi connectivity index (χ3n) is 2.77. The molecule has 2 aromatic rings. The van der Waals surface area contributed by atoms with E-state index in [1.165, 1.54) is 18.2 Å². The maximum Gasteiger partial charge on any atom is 0.422 e. The molecule has 0 saturated heterocycles. The number of nitrogens with zero attached hydrogens (tertiary/aromatic N) is 2. The van der Waals surface area contributed by atoms with Crippen molar-refractivity contribution in [3.8, 4) is 0 Å². The predicted octanol–water partition coefficient (Wildman–Crippen LogP) is 5.68. The Hall–Kier alpha value is -3.04. The molecule has 26 heavy (non-hydrogen) atoms. The molecule has 0 amide bonds. The minimum Gasteiger partial charge on any atom is -0.258 e. The molecule has 0 aliphatic heterocycles. The zero-order valence-electron chi connectivity index (χ0n) is 14.1. The molecule has 0 unspecified atom stereocenters. The summed E-state index contributed by atoms with van der Waals surface area (Å²) in [5, 5.41) is 20.3. The summed E-state index contributed by atoms with van der Waals surface area (Å²) in [4.78, 5) is 18.6. The van der Waals surface area contributed by atoms with Gasteiger partial charge in [0.1, 0.15) is 11.4 Å². The SMILES string of the molecule is CC.Cc1ccc([N+](=O)[O-])cc1F.O=[N+]([O-])c1ccccc1C(F)(F)F. The van der Waals surface area contributed by atoms with Crippen LogP contribution in [0.3, 0.4) is 0 Å². The summed E-state index contributed by atoms with van der Waals surface area (Å²) in [6, 6.07) is 7.37. The molecule has 10 heteroatoms. The van der Waals surface area contributed by atoms with Crippen LogP contribution in [0.1, 0.15) is 25.0 Å². The number of halogens is 4. The molecule has 6 nitrogen and oxygen atoms in total. The van der Waals surface area contributed by atoms with E-state index in [1.807, 2.05) is 13.8 Å². The molecule has 0 spiro atoms. The first-order chi connectivity index (χ1) is 12.0. The van der Waals surface area contributed by atoms with Gasteiger partial charge < -0.3 is 0 Å². The van der Waals surface area contributed by atoms with E-state index in [0.29, 0.717) is 11.6 Å². The molecule has 0 bridgehead atoms. The second kappa shape index (κ2) is 10.1. The highest BCUT2D eigenvalue weighted by Gasteiger charge is 2.37. The molecule has 0 N–H and O–H groups in total. The van der Waals surface area contributed by atoms with Crippen molar-refractivity contribution in [1.29, 1.82) is 0 Å². The molecule has 0 radical (unpaired) electrons. The van der Waals surface area contributed by atoms with Gasteiger partial charge in [0.05, 0.1) is 15.9 Å². The van der Waals surface area contributed by atoms with Crippen LogP contribution in [0.25, 0.3) is 0 Å². The van der Waals surface area contributed by atoms with E-state index in [0.717, 1.165) is 18.2 Å². The van der Waals surface area contributed by atoms with Crippen LogP contribution in [0.4, 0.5) is 28.9 Å². The number of nitro benzene ring substituents is 2. The molecule has 0 atom stereocenters. The second-order valence-corrected chi connectivity index (χ2v) is 4.46. The summed E-state index contributed by atoms with van der Waals surface area (Å²) in [5.41, 5.74) is -1.95. The van der Waals surface area contributed by atoms with Crippen LogP contribution in [0, 0.1) is 33.0 Å². The minimum atomic E-state index is -4.68. The van der Waals surface area contributed by atoms with Crippen LogP contribution in [-0.4, -0.2) is 9.85 Å². The zero-order valence-corrected chi connectivity index (χ0v) is 14.1.